The van der Waals surface area contributed by atoms with Gasteiger partial charge < -0.3 is 10.1 Å². The molecule has 1 atom stereocenters. The molecule has 0 bridgehead atoms. The summed E-state index contributed by atoms with van der Waals surface area (Å²) >= 11 is 5.80. The van der Waals surface area contributed by atoms with E-state index >= 15 is 0 Å². The van der Waals surface area contributed by atoms with Crippen LogP contribution >= 0.6 is 11.6 Å². The van der Waals surface area contributed by atoms with Crippen molar-refractivity contribution in [2.45, 2.75) is 26.2 Å². The average Bonchev–Trinajstić information content (AvgIpc) is 2.60. The highest BCUT2D eigenvalue weighted by atomic mass is 35.5. The van der Waals surface area contributed by atoms with Crippen LogP contribution in [-0.4, -0.2) is 23.5 Å². The van der Waals surface area contributed by atoms with Crippen LogP contribution in [0.4, 0.5) is 5.69 Å². The van der Waals surface area contributed by atoms with Crippen LogP contribution in [0.1, 0.15) is 42.1 Å². The van der Waals surface area contributed by atoms with Gasteiger partial charge in [0.25, 0.3) is 5.91 Å². The predicted molar refractivity (Wildman–Crippen MR) is 93.3 cm³/mol. The highest BCUT2D eigenvalue weighted by Crippen LogP contribution is 2.20. The zero-order valence-corrected chi connectivity index (χ0v) is 14.3. The minimum Gasteiger partial charge on any atom is -0.452 e. The Labute approximate surface area is 146 Å². The molecule has 1 amide bonds. The number of carbonyl (C=O) groups is 2. The summed E-state index contributed by atoms with van der Waals surface area (Å²) < 4.78 is 4.95. The van der Waals surface area contributed by atoms with Crippen LogP contribution in [0.5, 0.6) is 0 Å². The number of amides is 1. The van der Waals surface area contributed by atoms with Gasteiger partial charge in [-0.15, -0.1) is 0 Å². The Hall–Kier alpha value is -2.40. The Kier molecular flexibility index (Phi) is 6.32. The van der Waals surface area contributed by atoms with E-state index in [-0.39, 0.29) is 10.7 Å². The van der Waals surface area contributed by atoms with Crippen molar-refractivity contribution in [2.75, 3.05) is 11.9 Å². The summed E-state index contributed by atoms with van der Waals surface area (Å²) in [4.78, 5) is 27.5. The third kappa shape index (κ3) is 4.80. The van der Waals surface area contributed by atoms with Gasteiger partial charge >= 0.3 is 5.97 Å². The summed E-state index contributed by atoms with van der Waals surface area (Å²) in [5.41, 5.74) is 2.00. The Morgan fingerprint density at radius 2 is 1.96 bits per heavy atom. The maximum absolute atomic E-state index is 11.9. The first-order valence-corrected chi connectivity index (χ1v) is 8.06. The SMILES string of the molecule is CC[C@@H](C)c1ccc(NC(=O)COC(=O)c2cccnc2Cl)cc1. The first kappa shape index (κ1) is 17.9. The van der Waals surface area contributed by atoms with Gasteiger partial charge in [0.15, 0.2) is 6.61 Å². The van der Waals surface area contributed by atoms with Crippen molar-refractivity contribution in [1.82, 2.24) is 4.98 Å². The second-order valence-corrected chi connectivity index (χ2v) is 5.76. The molecule has 6 heteroatoms. The van der Waals surface area contributed by atoms with Crippen LogP contribution in [0.15, 0.2) is 42.6 Å². The van der Waals surface area contributed by atoms with Crippen molar-refractivity contribution >= 4 is 29.2 Å². The average molecular weight is 347 g/mol. The summed E-state index contributed by atoms with van der Waals surface area (Å²) in [5, 5.41) is 2.73. The molecule has 2 rings (SSSR count). The van der Waals surface area contributed by atoms with Gasteiger partial charge in [-0.05, 0) is 42.2 Å². The van der Waals surface area contributed by atoms with Crippen molar-refractivity contribution in [2.24, 2.45) is 0 Å². The number of hydrogen-bond acceptors (Lipinski definition) is 4. The molecule has 1 aromatic carbocycles. The van der Waals surface area contributed by atoms with E-state index in [0.29, 0.717) is 11.6 Å². The molecule has 126 valence electrons. The Bertz CT molecular complexity index is 716. The minimum absolute atomic E-state index is 0.0449. The highest BCUT2D eigenvalue weighted by Gasteiger charge is 2.14. The summed E-state index contributed by atoms with van der Waals surface area (Å²) in [6, 6.07) is 10.7. The smallest absolute Gasteiger partial charge is 0.341 e. The summed E-state index contributed by atoms with van der Waals surface area (Å²) in [6.45, 7) is 3.89. The van der Waals surface area contributed by atoms with E-state index in [4.69, 9.17) is 16.3 Å². The normalized spacial score (nSPS) is 11.6. The van der Waals surface area contributed by atoms with Crippen LogP contribution in [0.3, 0.4) is 0 Å². The second-order valence-electron chi connectivity index (χ2n) is 5.40. The van der Waals surface area contributed by atoms with Gasteiger partial charge in [0.1, 0.15) is 5.15 Å². The summed E-state index contributed by atoms with van der Waals surface area (Å²) in [5.74, 6) is -0.630. The van der Waals surface area contributed by atoms with E-state index in [1.165, 1.54) is 17.8 Å². The fraction of sp³-hybridized carbons (Fsp3) is 0.278. The van der Waals surface area contributed by atoms with E-state index in [0.717, 1.165) is 6.42 Å². The third-order valence-electron chi connectivity index (χ3n) is 3.69. The van der Waals surface area contributed by atoms with Crippen LogP contribution in [-0.2, 0) is 9.53 Å². The minimum atomic E-state index is -0.685. The number of anilines is 1. The molecule has 0 radical (unpaired) electrons. The third-order valence-corrected chi connectivity index (χ3v) is 3.99. The molecule has 1 heterocycles. The number of benzene rings is 1. The van der Waals surface area contributed by atoms with Crippen molar-refractivity contribution in [3.63, 3.8) is 0 Å². The fourth-order valence-corrected chi connectivity index (χ4v) is 2.27. The van der Waals surface area contributed by atoms with Gasteiger partial charge in [0.05, 0.1) is 5.56 Å². The largest absolute Gasteiger partial charge is 0.452 e. The van der Waals surface area contributed by atoms with Crippen LogP contribution in [0.25, 0.3) is 0 Å². The molecule has 1 aromatic heterocycles. The van der Waals surface area contributed by atoms with E-state index < -0.39 is 18.5 Å². The zero-order valence-electron chi connectivity index (χ0n) is 13.6. The van der Waals surface area contributed by atoms with Crippen LogP contribution in [0, 0.1) is 0 Å². The number of carbonyl (C=O) groups excluding carboxylic acids is 2. The monoisotopic (exact) mass is 346 g/mol. The standard InChI is InChI=1S/C18H19ClN2O3/c1-3-12(2)13-6-8-14(9-7-13)21-16(22)11-24-18(23)15-5-4-10-20-17(15)19/h4-10,12H,3,11H2,1-2H3,(H,21,22)/t12-/m1/s1. The molecular weight excluding hydrogens is 328 g/mol. The number of hydrogen-bond donors (Lipinski definition) is 1. The number of aromatic nitrogens is 1. The van der Waals surface area contributed by atoms with Gasteiger partial charge in [-0.3, -0.25) is 4.79 Å². The van der Waals surface area contributed by atoms with E-state index in [9.17, 15) is 9.59 Å². The molecule has 0 unspecified atom stereocenters. The first-order valence-electron chi connectivity index (χ1n) is 7.68. The quantitative estimate of drug-likeness (QED) is 0.633. The molecule has 0 spiro atoms. The van der Waals surface area contributed by atoms with Crippen LogP contribution in [0.2, 0.25) is 5.15 Å². The Morgan fingerprint density at radius 1 is 1.25 bits per heavy atom. The topological polar surface area (TPSA) is 68.3 Å². The van der Waals surface area contributed by atoms with Gasteiger partial charge in [-0.25, -0.2) is 9.78 Å². The number of nitrogens with zero attached hydrogens (tertiary/aromatic N) is 1. The number of halogens is 1. The second kappa shape index (κ2) is 8.45. The molecule has 0 saturated heterocycles. The molecule has 5 nitrogen and oxygen atoms in total. The molecule has 0 aliphatic heterocycles. The predicted octanol–water partition coefficient (Wildman–Crippen LogP) is 4.04. The molecular formula is C18H19ClN2O3. The van der Waals surface area contributed by atoms with Crippen molar-refractivity contribution in [3.8, 4) is 0 Å². The Morgan fingerprint density at radius 3 is 2.58 bits per heavy atom. The lowest BCUT2D eigenvalue weighted by molar-refractivity contribution is -0.119. The van der Waals surface area contributed by atoms with Gasteiger partial charge in [0.2, 0.25) is 0 Å². The van der Waals surface area contributed by atoms with Gasteiger partial charge in [-0.2, -0.15) is 0 Å². The van der Waals surface area contributed by atoms with E-state index in [2.05, 4.69) is 24.1 Å². The number of nitrogens with one attached hydrogen (secondary N) is 1. The molecule has 0 fully saturated rings. The molecule has 24 heavy (non-hydrogen) atoms. The zero-order chi connectivity index (χ0) is 17.5. The molecule has 1 N–H and O–H groups in total. The fourth-order valence-electron chi connectivity index (χ4n) is 2.07. The van der Waals surface area contributed by atoms with E-state index in [1.54, 1.807) is 6.07 Å². The van der Waals surface area contributed by atoms with Crippen LogP contribution < -0.4 is 5.32 Å². The highest BCUT2D eigenvalue weighted by molar-refractivity contribution is 6.32. The lowest BCUT2D eigenvalue weighted by Crippen LogP contribution is -2.21. The number of esters is 1. The molecule has 0 aliphatic carbocycles. The van der Waals surface area contributed by atoms with Gasteiger partial charge in [-0.1, -0.05) is 37.6 Å². The molecule has 2 aromatic rings. The van der Waals surface area contributed by atoms with Crippen molar-refractivity contribution in [3.05, 3.63) is 58.9 Å². The van der Waals surface area contributed by atoms with E-state index in [1.807, 2.05) is 24.3 Å². The summed E-state index contributed by atoms with van der Waals surface area (Å²) in [6.07, 6.45) is 2.52. The number of pyridine rings is 1. The Balaban J connectivity index is 1.87. The number of ether oxygens (including phenoxy) is 1. The molecule has 0 aliphatic rings. The maximum atomic E-state index is 11.9. The maximum Gasteiger partial charge on any atom is 0.341 e. The van der Waals surface area contributed by atoms with Gasteiger partial charge in [0, 0.05) is 11.9 Å². The lowest BCUT2D eigenvalue weighted by atomic mass is 9.99. The molecule has 0 saturated carbocycles. The summed E-state index contributed by atoms with van der Waals surface area (Å²) in [7, 11) is 0. The number of rotatable bonds is 6. The van der Waals surface area contributed by atoms with Crippen molar-refractivity contribution < 1.29 is 14.3 Å². The first-order chi connectivity index (χ1) is 11.5. The lowest BCUT2D eigenvalue weighted by Gasteiger charge is -2.11. The van der Waals surface area contributed by atoms with Crippen molar-refractivity contribution in [1.29, 1.82) is 0 Å².